The van der Waals surface area contributed by atoms with Crippen LogP contribution < -0.4 is 11.1 Å². The average Bonchev–Trinajstić information content (AvgIpc) is 2.90. The zero-order chi connectivity index (χ0) is 10.9. The summed E-state index contributed by atoms with van der Waals surface area (Å²) in [6, 6.07) is 4.96. The molecule has 0 spiro atoms. The smallest absolute Gasteiger partial charge is 0.127 e. The lowest BCUT2D eigenvalue weighted by Gasteiger charge is -2.10. The molecule has 4 heteroatoms. The largest absolute Gasteiger partial charge is 0.324 e. The van der Waals surface area contributed by atoms with Crippen molar-refractivity contribution in [2.75, 3.05) is 6.54 Å². The summed E-state index contributed by atoms with van der Waals surface area (Å²) in [6.45, 7) is 1.29. The van der Waals surface area contributed by atoms with Gasteiger partial charge >= 0.3 is 0 Å². The number of rotatable bonds is 4. The molecule has 0 saturated heterocycles. The predicted octanol–water partition coefficient (Wildman–Crippen LogP) is 2.17. The third-order valence-electron chi connectivity index (χ3n) is 2.69. The number of hydrogen-bond acceptors (Lipinski definition) is 2. The summed E-state index contributed by atoms with van der Waals surface area (Å²) in [7, 11) is 0. The molecule has 3 N–H and O–H groups in total. The van der Waals surface area contributed by atoms with Crippen LogP contribution >= 0.6 is 15.9 Å². The van der Waals surface area contributed by atoms with Crippen LogP contribution in [0, 0.1) is 5.82 Å². The molecule has 1 aliphatic carbocycles. The first kappa shape index (κ1) is 11.0. The van der Waals surface area contributed by atoms with Gasteiger partial charge in [0.05, 0.1) is 0 Å². The van der Waals surface area contributed by atoms with Gasteiger partial charge < -0.3 is 11.1 Å². The lowest BCUT2D eigenvalue weighted by atomic mass is 10.2. The van der Waals surface area contributed by atoms with E-state index < -0.39 is 0 Å². The normalized spacial score (nSPS) is 17.8. The fourth-order valence-electron chi connectivity index (χ4n) is 1.46. The second-order valence-corrected chi connectivity index (χ2v) is 5.12. The van der Waals surface area contributed by atoms with Crippen molar-refractivity contribution < 1.29 is 4.39 Å². The van der Waals surface area contributed by atoms with E-state index in [1.54, 1.807) is 12.1 Å². The summed E-state index contributed by atoms with van der Waals surface area (Å²) in [5, 5.41) is 3.19. The van der Waals surface area contributed by atoms with Gasteiger partial charge in [0, 0.05) is 28.7 Å². The molecule has 1 fully saturated rings. The minimum absolute atomic E-state index is 0.0253. The monoisotopic (exact) mass is 272 g/mol. The Morgan fingerprint density at radius 1 is 1.47 bits per heavy atom. The molecule has 0 radical (unpaired) electrons. The maximum absolute atomic E-state index is 13.3. The van der Waals surface area contributed by atoms with Gasteiger partial charge in [-0.3, -0.25) is 0 Å². The Kier molecular flexibility index (Phi) is 3.09. The van der Waals surface area contributed by atoms with Crippen molar-refractivity contribution in [2.45, 2.75) is 24.9 Å². The van der Waals surface area contributed by atoms with Gasteiger partial charge in [-0.2, -0.15) is 0 Å². The number of hydrogen-bond donors (Lipinski definition) is 2. The van der Waals surface area contributed by atoms with Crippen molar-refractivity contribution in [3.63, 3.8) is 0 Å². The zero-order valence-electron chi connectivity index (χ0n) is 8.39. The first-order chi connectivity index (χ1) is 7.09. The Morgan fingerprint density at radius 2 is 2.20 bits per heavy atom. The molecular weight excluding hydrogens is 259 g/mol. The molecule has 2 rings (SSSR count). The van der Waals surface area contributed by atoms with Crippen LogP contribution in [0.4, 0.5) is 4.39 Å². The van der Waals surface area contributed by atoms with Crippen LogP contribution in [-0.4, -0.2) is 12.1 Å². The van der Waals surface area contributed by atoms with Gasteiger partial charge in [0.1, 0.15) is 5.82 Å². The Labute approximate surface area is 97.2 Å². The molecular formula is C11H14BrFN2. The van der Waals surface area contributed by atoms with E-state index in [1.807, 2.05) is 0 Å². The second-order valence-electron chi connectivity index (χ2n) is 4.20. The van der Waals surface area contributed by atoms with Crippen LogP contribution in [0.5, 0.6) is 0 Å². The standard InChI is InChI=1S/C11H14BrFN2/c12-9-1-2-10(13)8(5-9)6-15-7-11(14)3-4-11/h1-2,5,15H,3-4,6-7,14H2. The molecule has 0 amide bonds. The SMILES string of the molecule is NC1(CNCc2cc(Br)ccc2F)CC1. The molecule has 0 bridgehead atoms. The third-order valence-corrected chi connectivity index (χ3v) is 3.19. The zero-order valence-corrected chi connectivity index (χ0v) is 9.98. The van der Waals surface area contributed by atoms with Crippen LogP contribution in [-0.2, 0) is 6.54 Å². The van der Waals surface area contributed by atoms with Crippen molar-refractivity contribution in [3.05, 3.63) is 34.1 Å². The Hall–Kier alpha value is -0.450. The topological polar surface area (TPSA) is 38.0 Å². The number of nitrogens with one attached hydrogen (secondary N) is 1. The first-order valence-electron chi connectivity index (χ1n) is 5.03. The van der Waals surface area contributed by atoms with Crippen LogP contribution in [0.15, 0.2) is 22.7 Å². The number of nitrogens with two attached hydrogens (primary N) is 1. The fraction of sp³-hybridized carbons (Fsp3) is 0.455. The molecule has 1 saturated carbocycles. The highest BCUT2D eigenvalue weighted by Crippen LogP contribution is 2.31. The van der Waals surface area contributed by atoms with E-state index in [1.165, 1.54) is 6.07 Å². The predicted molar refractivity (Wildman–Crippen MR) is 62.0 cm³/mol. The third kappa shape index (κ3) is 3.00. The molecule has 0 aromatic heterocycles. The summed E-state index contributed by atoms with van der Waals surface area (Å²) in [5.41, 5.74) is 6.56. The molecule has 1 aliphatic rings. The van der Waals surface area contributed by atoms with Crippen LogP contribution in [0.1, 0.15) is 18.4 Å². The molecule has 0 unspecified atom stereocenters. The van der Waals surface area contributed by atoms with Gasteiger partial charge in [-0.15, -0.1) is 0 Å². The van der Waals surface area contributed by atoms with Gasteiger partial charge in [-0.1, -0.05) is 15.9 Å². The quantitative estimate of drug-likeness (QED) is 0.882. The molecule has 0 atom stereocenters. The highest BCUT2D eigenvalue weighted by atomic mass is 79.9. The highest BCUT2D eigenvalue weighted by Gasteiger charge is 2.37. The lowest BCUT2D eigenvalue weighted by Crippen LogP contribution is -2.35. The number of halogens is 2. The van der Waals surface area contributed by atoms with Gasteiger partial charge in [-0.25, -0.2) is 4.39 Å². The van der Waals surface area contributed by atoms with Gasteiger partial charge in [0.2, 0.25) is 0 Å². The summed E-state index contributed by atoms with van der Waals surface area (Å²) >= 11 is 3.32. The molecule has 82 valence electrons. The Balaban J connectivity index is 1.89. The highest BCUT2D eigenvalue weighted by molar-refractivity contribution is 9.10. The summed E-state index contributed by atoms with van der Waals surface area (Å²) in [4.78, 5) is 0. The van der Waals surface area contributed by atoms with E-state index in [9.17, 15) is 4.39 Å². The van der Waals surface area contributed by atoms with E-state index in [-0.39, 0.29) is 11.4 Å². The van der Waals surface area contributed by atoms with Gasteiger partial charge in [0.15, 0.2) is 0 Å². The second kappa shape index (κ2) is 4.20. The van der Waals surface area contributed by atoms with Crippen LogP contribution in [0.3, 0.4) is 0 Å². The maximum atomic E-state index is 13.3. The average molecular weight is 273 g/mol. The number of benzene rings is 1. The Bertz CT molecular complexity index is 364. The van der Waals surface area contributed by atoms with Gasteiger partial charge in [-0.05, 0) is 31.0 Å². The molecule has 0 aliphatic heterocycles. The van der Waals surface area contributed by atoms with E-state index in [0.717, 1.165) is 23.9 Å². The minimum Gasteiger partial charge on any atom is -0.324 e. The van der Waals surface area contributed by atoms with E-state index in [4.69, 9.17) is 5.73 Å². The van der Waals surface area contributed by atoms with Gasteiger partial charge in [0.25, 0.3) is 0 Å². The van der Waals surface area contributed by atoms with Crippen molar-refractivity contribution in [3.8, 4) is 0 Å². The summed E-state index contributed by atoms with van der Waals surface area (Å²) in [6.07, 6.45) is 2.14. The fourth-order valence-corrected chi connectivity index (χ4v) is 1.87. The van der Waals surface area contributed by atoms with Crippen LogP contribution in [0.25, 0.3) is 0 Å². The van der Waals surface area contributed by atoms with E-state index in [2.05, 4.69) is 21.2 Å². The molecule has 0 heterocycles. The van der Waals surface area contributed by atoms with E-state index >= 15 is 0 Å². The van der Waals surface area contributed by atoms with Crippen molar-refractivity contribution in [1.29, 1.82) is 0 Å². The first-order valence-corrected chi connectivity index (χ1v) is 5.82. The van der Waals surface area contributed by atoms with Crippen LogP contribution in [0.2, 0.25) is 0 Å². The maximum Gasteiger partial charge on any atom is 0.127 e. The summed E-state index contributed by atoms with van der Waals surface area (Å²) < 4.78 is 14.2. The molecule has 1 aromatic rings. The minimum atomic E-state index is -0.174. The van der Waals surface area contributed by atoms with Crippen molar-refractivity contribution >= 4 is 15.9 Å². The molecule has 2 nitrogen and oxygen atoms in total. The lowest BCUT2D eigenvalue weighted by molar-refractivity contribution is 0.546. The Morgan fingerprint density at radius 3 is 2.87 bits per heavy atom. The van der Waals surface area contributed by atoms with Crippen molar-refractivity contribution in [2.24, 2.45) is 5.73 Å². The summed E-state index contributed by atoms with van der Waals surface area (Å²) in [5.74, 6) is -0.174. The van der Waals surface area contributed by atoms with E-state index in [0.29, 0.717) is 12.1 Å². The van der Waals surface area contributed by atoms with Crippen molar-refractivity contribution in [1.82, 2.24) is 5.32 Å². The molecule has 15 heavy (non-hydrogen) atoms. The molecule has 1 aromatic carbocycles.